The first-order chi connectivity index (χ1) is 7.50. The van der Waals surface area contributed by atoms with Gasteiger partial charge in [-0.1, -0.05) is 0 Å². The molecule has 0 aromatic heterocycles. The van der Waals surface area contributed by atoms with Crippen LogP contribution in [0, 0.1) is 0 Å². The van der Waals surface area contributed by atoms with Crippen LogP contribution in [0.3, 0.4) is 0 Å². The fraction of sp³-hybridized carbons (Fsp3) is 1.00. The van der Waals surface area contributed by atoms with E-state index in [1.54, 1.807) is 0 Å². The van der Waals surface area contributed by atoms with E-state index in [0.29, 0.717) is 26.3 Å². The van der Waals surface area contributed by atoms with Gasteiger partial charge in [-0.25, -0.2) is 0 Å². The zero-order chi connectivity index (χ0) is 12.0. The van der Waals surface area contributed by atoms with E-state index in [4.69, 9.17) is 9.84 Å². The molecule has 0 spiro atoms. The van der Waals surface area contributed by atoms with Crippen LogP contribution in [0.1, 0.15) is 0 Å². The number of hydrogen-bond donors (Lipinski definition) is 2. The van der Waals surface area contributed by atoms with Gasteiger partial charge in [0.25, 0.3) is 0 Å². The summed E-state index contributed by atoms with van der Waals surface area (Å²) < 4.78 is 40.9. The Bertz CT molecular complexity index is 196. The molecule has 0 unspecified atom stereocenters. The molecule has 1 rings (SSSR count). The Labute approximate surface area is 92.4 Å². The fourth-order valence-electron chi connectivity index (χ4n) is 1.42. The average molecular weight is 242 g/mol. The largest absolute Gasteiger partial charge is 0.415 e. The van der Waals surface area contributed by atoms with Crippen LogP contribution in [0.25, 0.3) is 0 Å². The predicted molar refractivity (Wildman–Crippen MR) is 52.2 cm³/mol. The van der Waals surface area contributed by atoms with Crippen molar-refractivity contribution in [2.24, 2.45) is 0 Å². The Morgan fingerprint density at radius 1 is 1.31 bits per heavy atom. The van der Waals surface area contributed by atoms with Gasteiger partial charge in [0.2, 0.25) is 0 Å². The third kappa shape index (κ3) is 5.11. The van der Waals surface area contributed by atoms with E-state index in [-0.39, 0.29) is 0 Å². The Kier molecular flexibility index (Phi) is 5.47. The second kappa shape index (κ2) is 6.39. The monoisotopic (exact) mass is 242 g/mol. The maximum atomic E-state index is 11.9. The number of alkyl halides is 3. The zero-order valence-electron chi connectivity index (χ0n) is 8.96. The molecule has 1 aliphatic heterocycles. The number of nitrogens with one attached hydrogen (secondary N) is 1. The van der Waals surface area contributed by atoms with E-state index in [9.17, 15) is 13.2 Å². The van der Waals surface area contributed by atoms with Crippen LogP contribution >= 0.6 is 0 Å². The highest BCUT2D eigenvalue weighted by Gasteiger charge is 2.37. The van der Waals surface area contributed by atoms with Crippen molar-refractivity contribution < 1.29 is 23.0 Å². The third-order valence-corrected chi connectivity index (χ3v) is 2.42. The van der Waals surface area contributed by atoms with Crippen molar-refractivity contribution in [2.45, 2.75) is 12.3 Å². The Balaban J connectivity index is 2.02. The van der Waals surface area contributed by atoms with Gasteiger partial charge in [0.15, 0.2) is 6.10 Å². The van der Waals surface area contributed by atoms with Gasteiger partial charge in [0.1, 0.15) is 0 Å². The summed E-state index contributed by atoms with van der Waals surface area (Å²) in [5.74, 6) is 0. The highest BCUT2D eigenvalue weighted by molar-refractivity contribution is 4.69. The minimum atomic E-state index is -4.54. The van der Waals surface area contributed by atoms with Crippen molar-refractivity contribution in [3.8, 4) is 0 Å². The van der Waals surface area contributed by atoms with Crippen LogP contribution in [0.2, 0.25) is 0 Å². The van der Waals surface area contributed by atoms with Gasteiger partial charge in [-0.15, -0.1) is 0 Å². The van der Waals surface area contributed by atoms with Crippen molar-refractivity contribution >= 4 is 0 Å². The third-order valence-electron chi connectivity index (χ3n) is 2.42. The SMILES string of the molecule is O[C@H](CNCCN1CCOCC1)C(F)(F)F. The normalized spacial score (nSPS) is 21.0. The maximum Gasteiger partial charge on any atom is 0.415 e. The van der Waals surface area contributed by atoms with Gasteiger partial charge in [-0.3, -0.25) is 4.90 Å². The number of rotatable bonds is 5. The van der Waals surface area contributed by atoms with E-state index in [1.165, 1.54) is 0 Å². The molecular formula is C9H17F3N2O2. The van der Waals surface area contributed by atoms with Crippen molar-refractivity contribution in [3.05, 3.63) is 0 Å². The smallest absolute Gasteiger partial charge is 0.382 e. The summed E-state index contributed by atoms with van der Waals surface area (Å²) in [5, 5.41) is 11.3. The molecule has 0 bridgehead atoms. The lowest BCUT2D eigenvalue weighted by Crippen LogP contribution is -2.43. The fourth-order valence-corrected chi connectivity index (χ4v) is 1.42. The summed E-state index contributed by atoms with van der Waals surface area (Å²) in [6, 6.07) is 0. The Hall–Kier alpha value is -0.370. The summed E-state index contributed by atoms with van der Waals surface area (Å²) in [5.41, 5.74) is 0. The highest BCUT2D eigenvalue weighted by Crippen LogP contribution is 2.18. The second-order valence-corrected chi connectivity index (χ2v) is 3.72. The quantitative estimate of drug-likeness (QED) is 0.657. The number of morpholine rings is 1. The number of hydrogen-bond acceptors (Lipinski definition) is 4. The van der Waals surface area contributed by atoms with E-state index < -0.39 is 18.8 Å². The molecule has 0 radical (unpaired) electrons. The number of aliphatic hydroxyl groups is 1. The predicted octanol–water partition coefficient (Wildman–Crippen LogP) is -0.169. The lowest BCUT2D eigenvalue weighted by molar-refractivity contribution is -0.201. The van der Waals surface area contributed by atoms with Gasteiger partial charge >= 0.3 is 6.18 Å². The summed E-state index contributed by atoms with van der Waals surface area (Å²) >= 11 is 0. The van der Waals surface area contributed by atoms with Crippen molar-refractivity contribution in [1.82, 2.24) is 10.2 Å². The summed E-state index contributed by atoms with van der Waals surface area (Å²) in [6.07, 6.45) is -6.82. The summed E-state index contributed by atoms with van der Waals surface area (Å²) in [7, 11) is 0. The molecule has 96 valence electrons. The molecule has 1 aliphatic rings. The molecule has 7 heteroatoms. The summed E-state index contributed by atoms with van der Waals surface area (Å²) in [6.45, 7) is 3.62. The first-order valence-corrected chi connectivity index (χ1v) is 5.26. The molecule has 2 N–H and O–H groups in total. The number of halogens is 3. The van der Waals surface area contributed by atoms with E-state index in [0.717, 1.165) is 13.1 Å². The number of nitrogens with zero attached hydrogens (tertiary/aromatic N) is 1. The van der Waals surface area contributed by atoms with Crippen molar-refractivity contribution in [1.29, 1.82) is 0 Å². The lowest BCUT2D eigenvalue weighted by atomic mass is 10.3. The van der Waals surface area contributed by atoms with Crippen LogP contribution < -0.4 is 5.32 Å². The lowest BCUT2D eigenvalue weighted by Gasteiger charge is -2.26. The molecule has 0 aromatic carbocycles. The van der Waals surface area contributed by atoms with Crippen LogP contribution in [0.15, 0.2) is 0 Å². The molecule has 0 saturated carbocycles. The second-order valence-electron chi connectivity index (χ2n) is 3.72. The van der Waals surface area contributed by atoms with Crippen molar-refractivity contribution in [2.75, 3.05) is 45.9 Å². The van der Waals surface area contributed by atoms with Gasteiger partial charge < -0.3 is 15.2 Å². The minimum absolute atomic E-state index is 0.438. The molecule has 4 nitrogen and oxygen atoms in total. The van der Waals surface area contributed by atoms with Crippen LogP contribution in [0.4, 0.5) is 13.2 Å². The Morgan fingerprint density at radius 3 is 2.50 bits per heavy atom. The summed E-state index contributed by atoms with van der Waals surface area (Å²) in [4.78, 5) is 2.11. The minimum Gasteiger partial charge on any atom is -0.382 e. The average Bonchev–Trinajstić information content (AvgIpc) is 2.24. The standard InChI is InChI=1S/C9H17F3N2O2/c10-9(11,12)8(15)7-13-1-2-14-3-5-16-6-4-14/h8,13,15H,1-7H2/t8-/m1/s1. The zero-order valence-corrected chi connectivity index (χ0v) is 8.96. The molecule has 0 aliphatic carbocycles. The first-order valence-electron chi connectivity index (χ1n) is 5.26. The first kappa shape index (κ1) is 13.7. The van der Waals surface area contributed by atoms with Gasteiger partial charge in [0.05, 0.1) is 13.2 Å². The molecule has 0 aromatic rings. The van der Waals surface area contributed by atoms with Crippen LogP contribution in [-0.2, 0) is 4.74 Å². The van der Waals surface area contributed by atoms with Crippen LogP contribution in [-0.4, -0.2) is 68.2 Å². The number of ether oxygens (including phenoxy) is 1. The topological polar surface area (TPSA) is 44.7 Å². The molecule has 16 heavy (non-hydrogen) atoms. The number of aliphatic hydroxyl groups excluding tert-OH is 1. The highest BCUT2D eigenvalue weighted by atomic mass is 19.4. The van der Waals surface area contributed by atoms with Crippen LogP contribution in [0.5, 0.6) is 0 Å². The van der Waals surface area contributed by atoms with Gasteiger partial charge in [-0.2, -0.15) is 13.2 Å². The van der Waals surface area contributed by atoms with E-state index in [1.807, 2.05) is 0 Å². The molecule has 0 amide bonds. The van der Waals surface area contributed by atoms with Gasteiger partial charge in [0, 0.05) is 32.7 Å². The maximum absolute atomic E-state index is 11.9. The molecule has 1 saturated heterocycles. The molecule has 1 heterocycles. The molecule has 1 atom stereocenters. The van der Waals surface area contributed by atoms with Gasteiger partial charge in [-0.05, 0) is 0 Å². The van der Waals surface area contributed by atoms with E-state index in [2.05, 4.69) is 10.2 Å². The molecular weight excluding hydrogens is 225 g/mol. The van der Waals surface area contributed by atoms with E-state index >= 15 is 0 Å². The van der Waals surface area contributed by atoms with Crippen molar-refractivity contribution in [3.63, 3.8) is 0 Å². The molecule has 1 fully saturated rings. The Morgan fingerprint density at radius 2 is 1.94 bits per heavy atom.